The molecule has 0 saturated heterocycles. The molecule has 0 aliphatic rings. The minimum absolute atomic E-state index is 0.0598. The zero-order valence-electron chi connectivity index (χ0n) is 9.46. The summed E-state index contributed by atoms with van der Waals surface area (Å²) in [6, 6.07) is 6.91. The summed E-state index contributed by atoms with van der Waals surface area (Å²) < 4.78 is 37.8. The smallest absolute Gasteiger partial charge is 0.258 e. The molecular formula is C11H8F3N3O2. The molecule has 0 unspecified atom stereocenters. The molecule has 8 heteroatoms. The Morgan fingerprint density at radius 1 is 1.26 bits per heavy atom. The van der Waals surface area contributed by atoms with Gasteiger partial charge in [-0.25, -0.2) is 0 Å². The summed E-state index contributed by atoms with van der Waals surface area (Å²) in [5.74, 6) is 0. The molecule has 0 fully saturated rings. The Kier molecular flexibility index (Phi) is 3.24. The van der Waals surface area contributed by atoms with E-state index in [-0.39, 0.29) is 16.9 Å². The number of benzene rings is 1. The summed E-state index contributed by atoms with van der Waals surface area (Å²) in [7, 11) is 0. The SMILES string of the molecule is O=[N+]([O-])c1ccccc1-c1ccnn1CC(F)(F)F. The van der Waals surface area contributed by atoms with Crippen LogP contribution < -0.4 is 0 Å². The molecule has 0 amide bonds. The first kappa shape index (κ1) is 13.1. The number of nitro benzene ring substituents is 1. The Hall–Kier alpha value is -2.38. The lowest BCUT2D eigenvalue weighted by atomic mass is 10.1. The minimum Gasteiger partial charge on any atom is -0.258 e. The van der Waals surface area contributed by atoms with Crippen LogP contribution in [0.2, 0.25) is 0 Å². The third-order valence-corrected chi connectivity index (χ3v) is 2.42. The van der Waals surface area contributed by atoms with Gasteiger partial charge in [-0.05, 0) is 12.1 Å². The third kappa shape index (κ3) is 2.90. The van der Waals surface area contributed by atoms with Crippen molar-refractivity contribution in [3.63, 3.8) is 0 Å². The van der Waals surface area contributed by atoms with Crippen LogP contribution in [0.15, 0.2) is 36.5 Å². The van der Waals surface area contributed by atoms with Gasteiger partial charge in [0.25, 0.3) is 5.69 Å². The number of hydrogen-bond donors (Lipinski definition) is 0. The average Bonchev–Trinajstić information content (AvgIpc) is 2.74. The predicted molar refractivity (Wildman–Crippen MR) is 60.4 cm³/mol. The fourth-order valence-corrected chi connectivity index (χ4v) is 1.71. The molecule has 1 aromatic carbocycles. The highest BCUT2D eigenvalue weighted by atomic mass is 19.4. The second-order valence-corrected chi connectivity index (χ2v) is 3.76. The molecule has 2 aromatic rings. The van der Waals surface area contributed by atoms with E-state index < -0.39 is 17.6 Å². The highest BCUT2D eigenvalue weighted by Gasteiger charge is 2.30. The Balaban J connectivity index is 2.49. The van der Waals surface area contributed by atoms with E-state index in [1.54, 1.807) is 0 Å². The molecular weight excluding hydrogens is 263 g/mol. The Bertz CT molecular complexity index is 607. The van der Waals surface area contributed by atoms with E-state index in [1.165, 1.54) is 36.5 Å². The van der Waals surface area contributed by atoms with E-state index in [0.29, 0.717) is 4.68 Å². The van der Waals surface area contributed by atoms with Gasteiger partial charge in [0.2, 0.25) is 0 Å². The van der Waals surface area contributed by atoms with Crippen molar-refractivity contribution in [1.82, 2.24) is 9.78 Å². The molecule has 1 aromatic heterocycles. The number of halogens is 3. The summed E-state index contributed by atoms with van der Waals surface area (Å²) in [5, 5.41) is 14.4. The van der Waals surface area contributed by atoms with Gasteiger partial charge in [-0.15, -0.1) is 0 Å². The first-order chi connectivity index (χ1) is 8.88. The molecule has 19 heavy (non-hydrogen) atoms. The summed E-state index contributed by atoms with van der Waals surface area (Å²) in [6.45, 7) is -1.29. The molecule has 0 radical (unpaired) electrons. The molecule has 0 spiro atoms. The lowest BCUT2D eigenvalue weighted by Crippen LogP contribution is -2.19. The molecule has 0 atom stereocenters. The van der Waals surface area contributed by atoms with Crippen molar-refractivity contribution in [1.29, 1.82) is 0 Å². The average molecular weight is 271 g/mol. The molecule has 0 N–H and O–H groups in total. The quantitative estimate of drug-likeness (QED) is 0.636. The molecule has 0 saturated carbocycles. The van der Waals surface area contributed by atoms with Crippen LogP contribution in [0.3, 0.4) is 0 Å². The minimum atomic E-state index is -4.44. The first-order valence-corrected chi connectivity index (χ1v) is 5.21. The number of nitrogens with zero attached hydrogens (tertiary/aromatic N) is 3. The van der Waals surface area contributed by atoms with Gasteiger partial charge in [0, 0.05) is 12.3 Å². The first-order valence-electron chi connectivity index (χ1n) is 5.21. The second-order valence-electron chi connectivity index (χ2n) is 3.76. The molecule has 2 rings (SSSR count). The zero-order valence-corrected chi connectivity index (χ0v) is 9.46. The molecule has 0 bridgehead atoms. The van der Waals surface area contributed by atoms with E-state index in [9.17, 15) is 23.3 Å². The predicted octanol–water partition coefficient (Wildman–Crippen LogP) is 3.02. The monoisotopic (exact) mass is 271 g/mol. The molecule has 5 nitrogen and oxygen atoms in total. The van der Waals surface area contributed by atoms with Gasteiger partial charge < -0.3 is 0 Å². The fraction of sp³-hybridized carbons (Fsp3) is 0.182. The topological polar surface area (TPSA) is 61.0 Å². The second kappa shape index (κ2) is 4.71. The van der Waals surface area contributed by atoms with E-state index >= 15 is 0 Å². The van der Waals surface area contributed by atoms with Gasteiger partial charge in [-0.3, -0.25) is 14.8 Å². The molecule has 0 aliphatic carbocycles. The number of nitro groups is 1. The van der Waals surface area contributed by atoms with Crippen LogP contribution in [0.5, 0.6) is 0 Å². The van der Waals surface area contributed by atoms with Crippen molar-refractivity contribution in [2.45, 2.75) is 12.7 Å². The number of alkyl halides is 3. The lowest BCUT2D eigenvalue weighted by molar-refractivity contribution is -0.384. The summed E-state index contributed by atoms with van der Waals surface area (Å²) in [5.41, 5.74) is -0.0923. The van der Waals surface area contributed by atoms with Crippen LogP contribution >= 0.6 is 0 Å². The fourth-order valence-electron chi connectivity index (χ4n) is 1.71. The van der Waals surface area contributed by atoms with Crippen LogP contribution in [-0.2, 0) is 6.54 Å². The van der Waals surface area contributed by atoms with Crippen LogP contribution in [-0.4, -0.2) is 20.9 Å². The van der Waals surface area contributed by atoms with Crippen LogP contribution in [0, 0.1) is 10.1 Å². The lowest BCUT2D eigenvalue weighted by Gasteiger charge is -2.10. The van der Waals surface area contributed by atoms with Gasteiger partial charge in [0.1, 0.15) is 6.54 Å². The standard InChI is InChI=1S/C11H8F3N3O2/c12-11(13,14)7-16-9(5-6-15-16)8-3-1-2-4-10(8)17(18)19/h1-6H,7H2. The zero-order chi connectivity index (χ0) is 14.0. The number of para-hydroxylation sites is 1. The normalized spacial score (nSPS) is 11.5. The van der Waals surface area contributed by atoms with E-state index in [0.717, 1.165) is 0 Å². The van der Waals surface area contributed by atoms with Gasteiger partial charge in [-0.1, -0.05) is 12.1 Å². The summed E-state index contributed by atoms with van der Waals surface area (Å²) in [6.07, 6.45) is -3.26. The van der Waals surface area contributed by atoms with Crippen LogP contribution in [0.25, 0.3) is 11.3 Å². The summed E-state index contributed by atoms with van der Waals surface area (Å²) >= 11 is 0. The molecule has 0 aliphatic heterocycles. The maximum atomic E-state index is 12.4. The number of rotatable bonds is 3. The highest BCUT2D eigenvalue weighted by molar-refractivity contribution is 5.70. The van der Waals surface area contributed by atoms with Gasteiger partial charge in [0.15, 0.2) is 0 Å². The Morgan fingerprint density at radius 2 is 1.95 bits per heavy atom. The Morgan fingerprint density at radius 3 is 2.58 bits per heavy atom. The van der Waals surface area contributed by atoms with Crippen molar-refractivity contribution in [2.75, 3.05) is 0 Å². The Labute approximate surface area is 105 Å². The molecule has 1 heterocycles. The van der Waals surface area contributed by atoms with E-state index in [1.807, 2.05) is 0 Å². The van der Waals surface area contributed by atoms with E-state index in [2.05, 4.69) is 5.10 Å². The third-order valence-electron chi connectivity index (χ3n) is 2.42. The van der Waals surface area contributed by atoms with E-state index in [4.69, 9.17) is 0 Å². The maximum absolute atomic E-state index is 12.4. The van der Waals surface area contributed by atoms with Gasteiger partial charge in [-0.2, -0.15) is 18.3 Å². The maximum Gasteiger partial charge on any atom is 0.408 e. The van der Waals surface area contributed by atoms with Gasteiger partial charge in [0.05, 0.1) is 16.2 Å². The van der Waals surface area contributed by atoms with Crippen molar-refractivity contribution in [2.24, 2.45) is 0 Å². The van der Waals surface area contributed by atoms with Gasteiger partial charge >= 0.3 is 6.18 Å². The van der Waals surface area contributed by atoms with Crippen molar-refractivity contribution in [3.8, 4) is 11.3 Å². The molecule has 100 valence electrons. The van der Waals surface area contributed by atoms with Crippen molar-refractivity contribution in [3.05, 3.63) is 46.6 Å². The summed E-state index contributed by atoms with van der Waals surface area (Å²) in [4.78, 5) is 10.2. The highest BCUT2D eigenvalue weighted by Crippen LogP contribution is 2.30. The largest absolute Gasteiger partial charge is 0.408 e. The van der Waals surface area contributed by atoms with Crippen LogP contribution in [0.4, 0.5) is 18.9 Å². The van der Waals surface area contributed by atoms with Crippen LogP contribution in [0.1, 0.15) is 0 Å². The van der Waals surface area contributed by atoms with Crippen molar-refractivity contribution >= 4 is 5.69 Å². The number of aromatic nitrogens is 2. The van der Waals surface area contributed by atoms with Crippen molar-refractivity contribution < 1.29 is 18.1 Å². The number of hydrogen-bond acceptors (Lipinski definition) is 3.